The van der Waals surface area contributed by atoms with Gasteiger partial charge in [0.05, 0.1) is 6.54 Å². The van der Waals surface area contributed by atoms with Gasteiger partial charge in [0.1, 0.15) is 5.78 Å². The molecule has 26 heavy (non-hydrogen) atoms. The van der Waals surface area contributed by atoms with Crippen LogP contribution in [0.25, 0.3) is 0 Å². The summed E-state index contributed by atoms with van der Waals surface area (Å²) in [6.45, 7) is 0.476. The molecule has 1 heterocycles. The number of carbonyl (C=O) groups excluding carboxylic acids is 4. The summed E-state index contributed by atoms with van der Waals surface area (Å²) < 4.78 is 0. The van der Waals surface area contributed by atoms with E-state index in [2.05, 4.69) is 10.6 Å². The number of Topliss-reactive ketones (excluding diaryl/α,β-unsaturated/α-hetero) is 1. The fraction of sp³-hybridized carbons (Fsp3) is 0.368. The van der Waals surface area contributed by atoms with Crippen LogP contribution in [0.3, 0.4) is 0 Å². The van der Waals surface area contributed by atoms with Gasteiger partial charge in [0.15, 0.2) is 0 Å². The molecule has 1 aromatic rings. The lowest BCUT2D eigenvalue weighted by molar-refractivity contribution is -0.137. The third-order valence-electron chi connectivity index (χ3n) is 4.08. The summed E-state index contributed by atoms with van der Waals surface area (Å²) in [5.74, 6) is -1.56. The quantitative estimate of drug-likeness (QED) is 0.578. The largest absolute Gasteiger partial charge is 0.354 e. The Morgan fingerprint density at radius 1 is 1.08 bits per heavy atom. The van der Waals surface area contributed by atoms with Gasteiger partial charge >= 0.3 is 0 Å². The molecule has 0 unspecified atom stereocenters. The lowest BCUT2D eigenvalue weighted by Crippen LogP contribution is -2.41. The maximum Gasteiger partial charge on any atom is 0.253 e. The Hall–Kier alpha value is -2.80. The van der Waals surface area contributed by atoms with Gasteiger partial charge in [0.2, 0.25) is 5.91 Å². The number of imide groups is 1. The Bertz CT molecular complexity index is 682. The number of hydrogen-bond acceptors (Lipinski definition) is 5. The van der Waals surface area contributed by atoms with Crippen LogP contribution >= 0.6 is 0 Å². The highest BCUT2D eigenvalue weighted by Crippen LogP contribution is 2.13. The van der Waals surface area contributed by atoms with Gasteiger partial charge in [-0.3, -0.25) is 24.1 Å². The van der Waals surface area contributed by atoms with E-state index < -0.39 is 5.92 Å². The smallest absolute Gasteiger partial charge is 0.253 e. The molecule has 0 saturated heterocycles. The van der Waals surface area contributed by atoms with Gasteiger partial charge in [-0.05, 0) is 19.0 Å². The van der Waals surface area contributed by atoms with Crippen LogP contribution in [0, 0.1) is 5.92 Å². The second kappa shape index (κ2) is 9.62. The summed E-state index contributed by atoms with van der Waals surface area (Å²) in [5, 5.41) is 5.53. The fourth-order valence-electron chi connectivity index (χ4n) is 2.79. The molecule has 1 aliphatic rings. The zero-order valence-electron chi connectivity index (χ0n) is 14.7. The molecule has 0 spiro atoms. The van der Waals surface area contributed by atoms with Crippen molar-refractivity contribution < 1.29 is 19.2 Å². The predicted molar refractivity (Wildman–Crippen MR) is 96.1 cm³/mol. The molecule has 138 valence electrons. The van der Waals surface area contributed by atoms with Crippen molar-refractivity contribution in [2.24, 2.45) is 5.92 Å². The van der Waals surface area contributed by atoms with Crippen LogP contribution in [-0.2, 0) is 25.6 Å². The van der Waals surface area contributed by atoms with Crippen LogP contribution in [0.5, 0.6) is 0 Å². The van der Waals surface area contributed by atoms with E-state index in [0.29, 0.717) is 6.42 Å². The van der Waals surface area contributed by atoms with Crippen LogP contribution in [-0.4, -0.2) is 55.1 Å². The zero-order chi connectivity index (χ0) is 18.9. The van der Waals surface area contributed by atoms with E-state index in [1.807, 2.05) is 30.3 Å². The number of benzene rings is 1. The van der Waals surface area contributed by atoms with E-state index in [1.165, 1.54) is 12.2 Å². The van der Waals surface area contributed by atoms with Crippen LogP contribution in [0.2, 0.25) is 0 Å². The summed E-state index contributed by atoms with van der Waals surface area (Å²) in [4.78, 5) is 48.6. The Balaban J connectivity index is 1.92. The minimum atomic E-state index is -0.499. The van der Waals surface area contributed by atoms with Gasteiger partial charge in [-0.25, -0.2) is 0 Å². The summed E-state index contributed by atoms with van der Waals surface area (Å²) in [5.41, 5.74) is 0.971. The average Bonchev–Trinajstić information content (AvgIpc) is 2.94. The average molecular weight is 357 g/mol. The maximum atomic E-state index is 12.5. The fourth-order valence-corrected chi connectivity index (χ4v) is 2.79. The standard InChI is InChI=1S/C19H23N3O4/c1-20-13-16(23)12-15(11-14-5-3-2-4-6-14)19(26)21-9-10-22-17(24)7-8-18(22)25/h2-8,15,20H,9-13H2,1H3,(H,21,26)/t15-/m1/s1. The molecule has 0 radical (unpaired) electrons. The lowest BCUT2D eigenvalue weighted by Gasteiger charge is -2.18. The molecule has 0 fully saturated rings. The molecule has 0 aromatic heterocycles. The molecule has 2 rings (SSSR count). The molecular weight excluding hydrogens is 334 g/mol. The van der Waals surface area contributed by atoms with Crippen molar-refractivity contribution in [3.05, 3.63) is 48.0 Å². The topological polar surface area (TPSA) is 95.6 Å². The molecule has 3 amide bonds. The Morgan fingerprint density at radius 3 is 2.35 bits per heavy atom. The maximum absolute atomic E-state index is 12.5. The second-order valence-corrected chi connectivity index (χ2v) is 6.11. The van der Waals surface area contributed by atoms with Crippen molar-refractivity contribution in [3.8, 4) is 0 Å². The molecular formula is C19H23N3O4. The number of amides is 3. The number of ketones is 1. The predicted octanol–water partition coefficient (Wildman–Crippen LogP) is 0.0651. The number of carbonyl (C=O) groups is 4. The van der Waals surface area contributed by atoms with E-state index >= 15 is 0 Å². The lowest BCUT2D eigenvalue weighted by atomic mass is 9.93. The molecule has 7 nitrogen and oxygen atoms in total. The van der Waals surface area contributed by atoms with Gasteiger partial charge in [0.25, 0.3) is 11.8 Å². The highest BCUT2D eigenvalue weighted by molar-refractivity contribution is 6.12. The van der Waals surface area contributed by atoms with Crippen LogP contribution < -0.4 is 10.6 Å². The van der Waals surface area contributed by atoms with Crippen molar-refractivity contribution in [2.75, 3.05) is 26.7 Å². The molecule has 7 heteroatoms. The number of likely N-dealkylation sites (N-methyl/N-ethyl adjacent to an activating group) is 1. The van der Waals surface area contributed by atoms with Crippen LogP contribution in [0.1, 0.15) is 12.0 Å². The molecule has 0 aliphatic carbocycles. The Kier molecular flexibility index (Phi) is 7.23. The van der Waals surface area contributed by atoms with E-state index in [4.69, 9.17) is 0 Å². The van der Waals surface area contributed by atoms with Crippen LogP contribution in [0.4, 0.5) is 0 Å². The summed E-state index contributed by atoms with van der Waals surface area (Å²) >= 11 is 0. The first-order chi connectivity index (χ1) is 12.5. The van der Waals surface area contributed by atoms with Crippen molar-refractivity contribution >= 4 is 23.5 Å². The first-order valence-electron chi connectivity index (χ1n) is 8.52. The van der Waals surface area contributed by atoms with Crippen molar-refractivity contribution in [1.29, 1.82) is 0 Å². The molecule has 0 bridgehead atoms. The number of nitrogens with one attached hydrogen (secondary N) is 2. The third kappa shape index (κ3) is 5.63. The van der Waals surface area contributed by atoms with Gasteiger partial charge in [-0.2, -0.15) is 0 Å². The van der Waals surface area contributed by atoms with Crippen molar-refractivity contribution in [3.63, 3.8) is 0 Å². The van der Waals surface area contributed by atoms with Crippen LogP contribution in [0.15, 0.2) is 42.5 Å². The second-order valence-electron chi connectivity index (χ2n) is 6.11. The minimum Gasteiger partial charge on any atom is -0.354 e. The zero-order valence-corrected chi connectivity index (χ0v) is 14.7. The summed E-state index contributed by atoms with van der Waals surface area (Å²) in [6.07, 6.45) is 2.99. The number of nitrogens with zero attached hydrogens (tertiary/aromatic N) is 1. The monoisotopic (exact) mass is 357 g/mol. The van der Waals surface area contributed by atoms with E-state index in [1.54, 1.807) is 7.05 Å². The van der Waals surface area contributed by atoms with Crippen molar-refractivity contribution in [2.45, 2.75) is 12.8 Å². The van der Waals surface area contributed by atoms with Gasteiger partial charge in [-0.15, -0.1) is 0 Å². The Labute approximate surface area is 152 Å². The number of rotatable bonds is 10. The van der Waals surface area contributed by atoms with Gasteiger partial charge in [0, 0.05) is 37.6 Å². The van der Waals surface area contributed by atoms with Crippen molar-refractivity contribution in [1.82, 2.24) is 15.5 Å². The number of hydrogen-bond donors (Lipinski definition) is 2. The van der Waals surface area contributed by atoms with Gasteiger partial charge in [-0.1, -0.05) is 30.3 Å². The van der Waals surface area contributed by atoms with E-state index in [9.17, 15) is 19.2 Å². The molecule has 1 aliphatic heterocycles. The first-order valence-corrected chi connectivity index (χ1v) is 8.52. The normalized spacial score (nSPS) is 14.6. The highest BCUT2D eigenvalue weighted by atomic mass is 16.2. The molecule has 1 atom stereocenters. The first kappa shape index (κ1) is 19.5. The SMILES string of the molecule is CNCC(=O)C[C@@H](Cc1ccccc1)C(=O)NCCN1C(=O)C=CC1=O. The molecule has 0 saturated carbocycles. The van der Waals surface area contributed by atoms with E-state index in [-0.39, 0.29) is 49.6 Å². The van der Waals surface area contributed by atoms with E-state index in [0.717, 1.165) is 10.5 Å². The third-order valence-corrected chi connectivity index (χ3v) is 4.08. The highest BCUT2D eigenvalue weighted by Gasteiger charge is 2.25. The summed E-state index contributed by atoms with van der Waals surface area (Å²) in [7, 11) is 1.68. The molecule has 1 aromatic carbocycles. The minimum absolute atomic E-state index is 0.0438. The Morgan fingerprint density at radius 2 is 1.73 bits per heavy atom. The molecule has 2 N–H and O–H groups in total. The summed E-state index contributed by atoms with van der Waals surface area (Å²) in [6, 6.07) is 9.49. The van der Waals surface area contributed by atoms with Gasteiger partial charge < -0.3 is 10.6 Å².